The predicted octanol–water partition coefficient (Wildman–Crippen LogP) is 2.72. The second-order valence-electron chi connectivity index (χ2n) is 8.61. The van der Waals surface area contributed by atoms with Crippen molar-refractivity contribution in [3.8, 4) is 5.75 Å². The number of hydrogen-bond acceptors (Lipinski definition) is 8. The molecule has 1 amide bonds. The van der Waals surface area contributed by atoms with Gasteiger partial charge < -0.3 is 30.6 Å². The Hall–Kier alpha value is -2.85. The van der Waals surface area contributed by atoms with Crippen LogP contribution in [0, 0.1) is 0 Å². The van der Waals surface area contributed by atoms with Crippen LogP contribution < -0.4 is 21.1 Å². The van der Waals surface area contributed by atoms with Gasteiger partial charge in [-0.05, 0) is 37.1 Å². The van der Waals surface area contributed by atoms with Crippen LogP contribution >= 0.6 is 11.6 Å². The zero-order valence-electron chi connectivity index (χ0n) is 21.0. The molecule has 9 nitrogen and oxygen atoms in total. The molecule has 196 valence electrons. The number of nitrogens with one attached hydrogen (secondary N) is 2. The van der Waals surface area contributed by atoms with Crippen molar-refractivity contribution in [2.45, 2.75) is 32.0 Å². The number of amides is 1. The lowest BCUT2D eigenvalue weighted by Gasteiger charge is -2.38. The van der Waals surface area contributed by atoms with Crippen LogP contribution in [0.15, 0.2) is 36.4 Å². The molecule has 36 heavy (non-hydrogen) atoms. The summed E-state index contributed by atoms with van der Waals surface area (Å²) in [5.74, 6) is -0.201. The first kappa shape index (κ1) is 27.7. The summed E-state index contributed by atoms with van der Waals surface area (Å²) in [6, 6.07) is 10.4. The number of benzene rings is 2. The number of piperidine rings is 1. The first-order valence-electron chi connectivity index (χ1n) is 12.0. The van der Waals surface area contributed by atoms with Crippen molar-refractivity contribution < 1.29 is 23.8 Å². The second-order valence-corrected chi connectivity index (χ2v) is 9.02. The van der Waals surface area contributed by atoms with Gasteiger partial charge in [-0.2, -0.15) is 0 Å². The molecule has 1 aliphatic heterocycles. The van der Waals surface area contributed by atoms with Crippen molar-refractivity contribution in [2.75, 3.05) is 52.7 Å². The molecule has 2 aromatic rings. The van der Waals surface area contributed by atoms with Gasteiger partial charge in [0.25, 0.3) is 5.91 Å². The Morgan fingerprint density at radius 3 is 2.61 bits per heavy atom. The molecule has 2 aromatic carbocycles. The van der Waals surface area contributed by atoms with Crippen molar-refractivity contribution in [3.63, 3.8) is 0 Å². The summed E-state index contributed by atoms with van der Waals surface area (Å²) in [4.78, 5) is 27.0. The predicted molar refractivity (Wildman–Crippen MR) is 140 cm³/mol. The quantitative estimate of drug-likeness (QED) is 0.236. The van der Waals surface area contributed by atoms with E-state index >= 15 is 0 Å². The Kier molecular flexibility index (Phi) is 10.4. The summed E-state index contributed by atoms with van der Waals surface area (Å²) in [6.45, 7) is 6.05. The lowest BCUT2D eigenvalue weighted by molar-refractivity contribution is 0.00677. The third-order valence-corrected chi connectivity index (χ3v) is 6.55. The molecule has 0 saturated carbocycles. The average molecular weight is 519 g/mol. The molecule has 10 heteroatoms. The van der Waals surface area contributed by atoms with Gasteiger partial charge in [0.05, 0.1) is 47.7 Å². The maximum atomic E-state index is 12.9. The van der Waals surface area contributed by atoms with E-state index in [2.05, 4.69) is 15.5 Å². The molecule has 0 aliphatic carbocycles. The van der Waals surface area contributed by atoms with Gasteiger partial charge in [0, 0.05) is 45.9 Å². The van der Waals surface area contributed by atoms with Gasteiger partial charge in [-0.1, -0.05) is 23.7 Å². The van der Waals surface area contributed by atoms with Gasteiger partial charge in [-0.3, -0.25) is 9.69 Å². The fraction of sp³-hybridized carbons (Fsp3) is 0.462. The minimum atomic E-state index is -0.305. The molecule has 1 aliphatic rings. The molecular formula is C26H35ClN4O5. The molecule has 1 heterocycles. The van der Waals surface area contributed by atoms with Crippen LogP contribution in [0.1, 0.15) is 39.6 Å². The summed E-state index contributed by atoms with van der Waals surface area (Å²) in [7, 11) is 3.15. The summed E-state index contributed by atoms with van der Waals surface area (Å²) >= 11 is 6.12. The van der Waals surface area contributed by atoms with Gasteiger partial charge in [-0.25, -0.2) is 4.79 Å². The first-order chi connectivity index (χ1) is 17.4. The second kappa shape index (κ2) is 13.5. The van der Waals surface area contributed by atoms with Crippen LogP contribution in [0.5, 0.6) is 5.75 Å². The number of ether oxygens (including phenoxy) is 3. The minimum absolute atomic E-state index is 0.134. The zero-order valence-corrected chi connectivity index (χ0v) is 21.8. The Morgan fingerprint density at radius 2 is 1.94 bits per heavy atom. The van der Waals surface area contributed by atoms with Gasteiger partial charge in [0.1, 0.15) is 5.75 Å². The topological polar surface area (TPSA) is 115 Å². The first-order valence-corrected chi connectivity index (χ1v) is 12.4. The molecule has 0 bridgehead atoms. The Balaban J connectivity index is 1.45. The molecule has 3 rings (SSSR count). The van der Waals surface area contributed by atoms with E-state index in [9.17, 15) is 9.59 Å². The maximum Gasteiger partial charge on any atom is 0.338 e. The number of nitrogens with two attached hydrogens (primary N) is 1. The smallest absolute Gasteiger partial charge is 0.338 e. The number of nitrogen functional groups attached to an aromatic ring is 1. The highest BCUT2D eigenvalue weighted by molar-refractivity contribution is 6.33. The summed E-state index contributed by atoms with van der Waals surface area (Å²) in [5, 5.41) is 6.81. The molecule has 1 fully saturated rings. The highest BCUT2D eigenvalue weighted by atomic mass is 35.5. The third-order valence-electron chi connectivity index (χ3n) is 6.22. The van der Waals surface area contributed by atoms with Crippen LogP contribution in [-0.2, 0) is 16.0 Å². The summed E-state index contributed by atoms with van der Waals surface area (Å²) in [5.41, 5.74) is 8.17. The van der Waals surface area contributed by atoms with Crippen LogP contribution in [0.2, 0.25) is 5.02 Å². The van der Waals surface area contributed by atoms with Gasteiger partial charge in [0.15, 0.2) is 0 Å². The molecule has 0 radical (unpaired) electrons. The number of anilines is 1. The van der Waals surface area contributed by atoms with E-state index in [1.165, 1.54) is 13.2 Å². The Labute approximate surface area is 217 Å². The molecule has 0 aromatic heterocycles. The fourth-order valence-electron chi connectivity index (χ4n) is 4.19. The minimum Gasteiger partial charge on any atom is -0.496 e. The van der Waals surface area contributed by atoms with Crippen LogP contribution in [0.4, 0.5) is 5.69 Å². The summed E-state index contributed by atoms with van der Waals surface area (Å²) in [6.07, 6.45) is 0.610. The number of methoxy groups -OCH3 is 2. The maximum absolute atomic E-state index is 12.9. The van der Waals surface area contributed by atoms with Crippen LogP contribution in [0.25, 0.3) is 0 Å². The van der Waals surface area contributed by atoms with E-state index in [1.807, 2.05) is 12.1 Å². The van der Waals surface area contributed by atoms with E-state index in [-0.39, 0.29) is 24.0 Å². The van der Waals surface area contributed by atoms with Crippen molar-refractivity contribution in [1.82, 2.24) is 15.5 Å². The van der Waals surface area contributed by atoms with Gasteiger partial charge in [-0.15, -0.1) is 0 Å². The molecule has 4 N–H and O–H groups in total. The van der Waals surface area contributed by atoms with E-state index in [1.54, 1.807) is 32.2 Å². The normalized spacial score (nSPS) is 18.0. The SMILES string of the molecule is CCOC(=O)c1ccc(CNCCN2CCC(NC(=O)c3cc(Cl)c(N)cc3OC)C(OC)C2)cc1. The number of halogens is 1. The molecule has 2 unspecified atom stereocenters. The van der Waals surface area contributed by atoms with Crippen LogP contribution in [-0.4, -0.2) is 75.9 Å². The van der Waals surface area contributed by atoms with E-state index < -0.39 is 0 Å². The fourth-order valence-corrected chi connectivity index (χ4v) is 4.36. The Bertz CT molecular complexity index is 1030. The Morgan fingerprint density at radius 1 is 1.19 bits per heavy atom. The number of rotatable bonds is 11. The standard InChI is InChI=1S/C26H35ClN4O5/c1-4-36-26(33)18-7-5-17(6-8-18)15-29-10-12-31-11-9-22(24(16-31)35-3)30-25(32)19-13-20(27)21(28)14-23(19)34-2/h5-8,13-14,22,24,29H,4,9-12,15-16,28H2,1-3H3,(H,30,32). The van der Waals surface area contributed by atoms with E-state index in [4.69, 9.17) is 31.5 Å². The lowest BCUT2D eigenvalue weighted by atomic mass is 10.0. The molecule has 2 atom stereocenters. The van der Waals surface area contributed by atoms with Crippen molar-refractivity contribution in [2.24, 2.45) is 0 Å². The molecule has 0 spiro atoms. The summed E-state index contributed by atoms with van der Waals surface area (Å²) < 4.78 is 16.0. The number of carbonyl (C=O) groups excluding carboxylic acids is 2. The number of likely N-dealkylation sites (tertiary alicyclic amines) is 1. The van der Waals surface area contributed by atoms with Gasteiger partial charge >= 0.3 is 5.97 Å². The van der Waals surface area contributed by atoms with Gasteiger partial charge in [0.2, 0.25) is 0 Å². The highest BCUT2D eigenvalue weighted by Crippen LogP contribution is 2.29. The van der Waals surface area contributed by atoms with E-state index in [0.29, 0.717) is 47.3 Å². The lowest BCUT2D eigenvalue weighted by Crippen LogP contribution is -2.55. The molecule has 1 saturated heterocycles. The number of hydrogen-bond donors (Lipinski definition) is 3. The van der Waals surface area contributed by atoms with Crippen molar-refractivity contribution in [3.05, 3.63) is 58.1 Å². The highest BCUT2D eigenvalue weighted by Gasteiger charge is 2.31. The number of carbonyl (C=O) groups is 2. The number of esters is 1. The van der Waals surface area contributed by atoms with E-state index in [0.717, 1.165) is 31.6 Å². The van der Waals surface area contributed by atoms with Crippen LogP contribution in [0.3, 0.4) is 0 Å². The van der Waals surface area contributed by atoms with Crippen molar-refractivity contribution in [1.29, 1.82) is 0 Å². The largest absolute Gasteiger partial charge is 0.496 e. The van der Waals surface area contributed by atoms with Crippen molar-refractivity contribution >= 4 is 29.2 Å². The third kappa shape index (κ3) is 7.33. The molecular weight excluding hydrogens is 484 g/mol. The zero-order chi connectivity index (χ0) is 26.1. The average Bonchev–Trinajstić information content (AvgIpc) is 2.89. The monoisotopic (exact) mass is 518 g/mol. The number of nitrogens with zero attached hydrogens (tertiary/aromatic N) is 1.